The number of methoxy groups -OCH3 is 2. The highest BCUT2D eigenvalue weighted by molar-refractivity contribution is 6.00. The fourth-order valence-corrected chi connectivity index (χ4v) is 4.90. The molecule has 33 heavy (non-hydrogen) atoms. The van der Waals surface area contributed by atoms with E-state index in [2.05, 4.69) is 18.2 Å². The van der Waals surface area contributed by atoms with Crippen LogP contribution in [0.3, 0.4) is 0 Å². The zero-order valence-corrected chi connectivity index (χ0v) is 19.3. The van der Waals surface area contributed by atoms with Crippen molar-refractivity contribution in [2.24, 2.45) is 5.73 Å². The van der Waals surface area contributed by atoms with Crippen LogP contribution in [0.4, 0.5) is 0 Å². The number of hydrazine groups is 1. The van der Waals surface area contributed by atoms with Crippen LogP contribution in [0.25, 0.3) is 0 Å². The first kappa shape index (κ1) is 22.4. The number of hydrogen-bond acceptors (Lipinski definition) is 7. The van der Waals surface area contributed by atoms with Crippen molar-refractivity contribution in [1.29, 1.82) is 5.26 Å². The maximum absolute atomic E-state index is 13.7. The lowest BCUT2D eigenvalue weighted by Gasteiger charge is -2.43. The third kappa shape index (κ3) is 3.83. The number of nitriles is 1. The van der Waals surface area contributed by atoms with Gasteiger partial charge >= 0.3 is 0 Å². The van der Waals surface area contributed by atoms with Crippen molar-refractivity contribution in [1.82, 2.24) is 10.0 Å². The zero-order chi connectivity index (χ0) is 23.7. The Morgan fingerprint density at radius 3 is 2.33 bits per heavy atom. The van der Waals surface area contributed by atoms with Gasteiger partial charge < -0.3 is 15.2 Å². The molecule has 2 aliphatic rings. The number of ketones is 1. The summed E-state index contributed by atoms with van der Waals surface area (Å²) < 4.78 is 10.9. The Morgan fingerprint density at radius 1 is 1.03 bits per heavy atom. The van der Waals surface area contributed by atoms with Crippen LogP contribution in [0.5, 0.6) is 11.5 Å². The van der Waals surface area contributed by atoms with Gasteiger partial charge in [0.25, 0.3) is 0 Å². The fraction of sp³-hybridized carbons (Fsp3) is 0.308. The molecule has 170 valence electrons. The van der Waals surface area contributed by atoms with Crippen molar-refractivity contribution in [3.8, 4) is 17.6 Å². The topological polar surface area (TPSA) is 91.8 Å². The second-order valence-electron chi connectivity index (χ2n) is 8.42. The Morgan fingerprint density at radius 2 is 1.73 bits per heavy atom. The Bertz CT molecular complexity index is 1180. The summed E-state index contributed by atoms with van der Waals surface area (Å²) in [4.78, 5) is 13.7. The van der Waals surface area contributed by atoms with E-state index in [1.807, 2.05) is 49.4 Å². The Kier molecular flexibility index (Phi) is 6.12. The van der Waals surface area contributed by atoms with Crippen molar-refractivity contribution in [3.05, 3.63) is 82.3 Å². The highest BCUT2D eigenvalue weighted by atomic mass is 16.5. The maximum atomic E-state index is 13.7. The van der Waals surface area contributed by atoms with Crippen molar-refractivity contribution >= 4 is 5.78 Å². The molecular weight excluding hydrogens is 416 g/mol. The molecule has 7 nitrogen and oxygen atoms in total. The lowest BCUT2D eigenvalue weighted by Crippen LogP contribution is -2.46. The molecule has 1 aliphatic carbocycles. The smallest absolute Gasteiger partial charge is 0.162 e. The minimum atomic E-state index is -0.565. The predicted molar refractivity (Wildman–Crippen MR) is 125 cm³/mol. The van der Waals surface area contributed by atoms with Crippen LogP contribution in [0.15, 0.2) is 71.2 Å². The molecule has 2 atom stereocenters. The van der Waals surface area contributed by atoms with Crippen molar-refractivity contribution in [2.45, 2.75) is 24.7 Å². The van der Waals surface area contributed by atoms with Gasteiger partial charge in [0.2, 0.25) is 0 Å². The number of hydrogen-bond donors (Lipinski definition) is 1. The molecule has 0 fully saturated rings. The maximum Gasteiger partial charge on any atom is 0.162 e. The second-order valence-corrected chi connectivity index (χ2v) is 8.42. The number of nitrogens with two attached hydrogens (primary N) is 1. The van der Waals surface area contributed by atoms with Gasteiger partial charge in [0.15, 0.2) is 17.3 Å². The average Bonchev–Trinajstić information content (AvgIpc) is 2.82. The highest BCUT2D eigenvalue weighted by Gasteiger charge is 2.43. The number of allylic oxidation sites excluding steroid dienone is 3. The van der Waals surface area contributed by atoms with E-state index in [9.17, 15) is 10.1 Å². The first-order valence-electron chi connectivity index (χ1n) is 10.8. The highest BCUT2D eigenvalue weighted by Crippen LogP contribution is 2.48. The molecule has 4 rings (SSSR count). The third-order valence-electron chi connectivity index (χ3n) is 6.35. The number of benzene rings is 2. The van der Waals surface area contributed by atoms with Gasteiger partial charge in [-0.1, -0.05) is 36.4 Å². The number of rotatable bonds is 5. The molecule has 0 saturated carbocycles. The first-order valence-corrected chi connectivity index (χ1v) is 10.8. The first-order chi connectivity index (χ1) is 15.9. The van der Waals surface area contributed by atoms with Crippen LogP contribution in [0.2, 0.25) is 0 Å². The molecule has 0 spiro atoms. The number of nitrogens with zero attached hydrogens (tertiary/aromatic N) is 3. The number of carbonyl (C=O) groups excluding carboxylic acids is 1. The Labute approximate surface area is 194 Å². The van der Waals surface area contributed by atoms with E-state index in [4.69, 9.17) is 15.2 Å². The van der Waals surface area contributed by atoms with Crippen LogP contribution < -0.4 is 15.2 Å². The molecule has 1 aliphatic heterocycles. The monoisotopic (exact) mass is 444 g/mol. The number of Topliss-reactive ketones (excluding diaryl/α,β-unsaturated/α-hetero) is 1. The van der Waals surface area contributed by atoms with Gasteiger partial charge in [-0.3, -0.25) is 9.80 Å². The van der Waals surface area contributed by atoms with Crippen molar-refractivity contribution in [3.63, 3.8) is 0 Å². The second kappa shape index (κ2) is 9.00. The molecule has 0 amide bonds. The van der Waals surface area contributed by atoms with E-state index >= 15 is 0 Å². The van der Waals surface area contributed by atoms with Gasteiger partial charge in [0, 0.05) is 31.8 Å². The van der Waals surface area contributed by atoms with Gasteiger partial charge in [0.1, 0.15) is 5.82 Å². The van der Waals surface area contributed by atoms with E-state index in [0.29, 0.717) is 41.3 Å². The van der Waals surface area contributed by atoms with Crippen LogP contribution in [-0.2, 0) is 4.79 Å². The predicted octanol–water partition coefficient (Wildman–Crippen LogP) is 3.67. The van der Waals surface area contributed by atoms with Gasteiger partial charge in [0.05, 0.1) is 31.8 Å². The minimum absolute atomic E-state index is 0.0250. The molecule has 0 unspecified atom stereocenters. The molecule has 1 heterocycles. The molecular formula is C26H28N4O3. The van der Waals surface area contributed by atoms with Gasteiger partial charge in [-0.15, -0.1) is 0 Å². The summed E-state index contributed by atoms with van der Waals surface area (Å²) in [6.45, 7) is 0. The van der Waals surface area contributed by atoms with Gasteiger partial charge in [-0.25, -0.2) is 5.01 Å². The van der Waals surface area contributed by atoms with Crippen LogP contribution >= 0.6 is 0 Å². The molecule has 2 aromatic carbocycles. The van der Waals surface area contributed by atoms with Gasteiger partial charge in [-0.05, 0) is 35.6 Å². The molecule has 7 heteroatoms. The Balaban J connectivity index is 1.90. The van der Waals surface area contributed by atoms with Crippen LogP contribution in [0, 0.1) is 11.3 Å². The summed E-state index contributed by atoms with van der Waals surface area (Å²) in [5.41, 5.74) is 10.3. The third-order valence-corrected chi connectivity index (χ3v) is 6.35. The summed E-state index contributed by atoms with van der Waals surface area (Å²) >= 11 is 0. The molecule has 2 aromatic rings. The summed E-state index contributed by atoms with van der Waals surface area (Å²) in [5.74, 6) is 0.955. The van der Waals surface area contributed by atoms with Crippen LogP contribution in [0.1, 0.15) is 35.8 Å². The fourth-order valence-electron chi connectivity index (χ4n) is 4.90. The Hall–Kier alpha value is -3.76. The zero-order valence-electron chi connectivity index (χ0n) is 19.3. The van der Waals surface area contributed by atoms with E-state index in [0.717, 1.165) is 16.8 Å². The molecule has 0 saturated heterocycles. The summed E-state index contributed by atoms with van der Waals surface area (Å²) in [5, 5.41) is 13.7. The minimum Gasteiger partial charge on any atom is -0.493 e. The van der Waals surface area contributed by atoms with E-state index < -0.39 is 5.92 Å². The standard InChI is InChI=1S/C26H28N4O3/c1-29(2)30-20-12-18(16-8-6-5-7-9-16)13-21(31)25(20)24(19(15-27)26(30)28)17-10-11-22(32-3)23(14-17)33-4/h5-11,14,18,24H,12-13,28H2,1-4H3/t18-,24-/m0/s1. The van der Waals surface area contributed by atoms with Crippen molar-refractivity contribution < 1.29 is 14.3 Å². The summed E-state index contributed by atoms with van der Waals surface area (Å²) in [7, 11) is 6.85. The number of carbonyl (C=O) groups is 1. The van der Waals surface area contributed by atoms with E-state index in [1.165, 1.54) is 0 Å². The normalized spacial score (nSPS) is 20.6. The number of ether oxygens (including phenoxy) is 2. The molecule has 0 aromatic heterocycles. The van der Waals surface area contributed by atoms with E-state index in [1.54, 1.807) is 25.3 Å². The SMILES string of the molecule is COc1ccc([C@H]2C(C#N)=C(N)N(N(C)C)C3=C2C(=O)C[C@@H](c2ccccc2)C3)cc1OC. The van der Waals surface area contributed by atoms with Gasteiger partial charge in [-0.2, -0.15) is 5.26 Å². The summed E-state index contributed by atoms with van der Waals surface area (Å²) in [6, 6.07) is 17.8. The summed E-state index contributed by atoms with van der Waals surface area (Å²) in [6.07, 6.45) is 1.03. The largest absolute Gasteiger partial charge is 0.493 e. The van der Waals surface area contributed by atoms with Crippen molar-refractivity contribution in [2.75, 3.05) is 28.3 Å². The average molecular weight is 445 g/mol. The molecule has 0 radical (unpaired) electrons. The molecule has 0 bridgehead atoms. The lowest BCUT2D eigenvalue weighted by atomic mass is 9.72. The molecule has 2 N–H and O–H groups in total. The van der Waals surface area contributed by atoms with Crippen LogP contribution in [-0.4, -0.2) is 44.1 Å². The lowest BCUT2D eigenvalue weighted by molar-refractivity contribution is -0.117. The van der Waals surface area contributed by atoms with E-state index in [-0.39, 0.29) is 11.7 Å². The quantitative estimate of drug-likeness (QED) is 0.752.